The van der Waals surface area contributed by atoms with Crippen LogP contribution in [0.2, 0.25) is 0 Å². The smallest absolute Gasteiger partial charge is 0.259 e. The third-order valence-corrected chi connectivity index (χ3v) is 9.27. The average Bonchev–Trinajstić information content (AvgIpc) is 2.85. The largest absolute Gasteiger partial charge is 0.350 e. The van der Waals surface area contributed by atoms with Crippen LogP contribution in [0.5, 0.6) is 0 Å². The Bertz CT molecular complexity index is 1020. The van der Waals surface area contributed by atoms with Gasteiger partial charge in [0.2, 0.25) is 5.43 Å². The minimum atomic E-state index is -0.486. The molecule has 6 rings (SSSR count). The third kappa shape index (κ3) is 4.48. The summed E-state index contributed by atoms with van der Waals surface area (Å²) in [6, 6.07) is 0.0704. The summed E-state index contributed by atoms with van der Waals surface area (Å²) >= 11 is 0. The number of carbonyl (C=O) groups excluding carboxylic acids is 2. The van der Waals surface area contributed by atoms with Gasteiger partial charge in [0.1, 0.15) is 11.1 Å². The van der Waals surface area contributed by atoms with Gasteiger partial charge in [0, 0.05) is 56.7 Å². The number of hydrogen-bond donors (Lipinski definition) is 1. The number of rotatable bonds is 7. The van der Waals surface area contributed by atoms with Gasteiger partial charge in [-0.2, -0.15) is 0 Å². The summed E-state index contributed by atoms with van der Waals surface area (Å²) in [5.41, 5.74) is -0.0271. The summed E-state index contributed by atoms with van der Waals surface area (Å²) in [5.74, 6) is 1.98. The van der Waals surface area contributed by atoms with E-state index >= 15 is 0 Å². The van der Waals surface area contributed by atoms with Gasteiger partial charge in [0.05, 0.1) is 0 Å². The zero-order chi connectivity index (χ0) is 24.7. The van der Waals surface area contributed by atoms with Crippen molar-refractivity contribution in [1.29, 1.82) is 0 Å². The summed E-state index contributed by atoms with van der Waals surface area (Å²) in [5, 5.41) is 2.69. The van der Waals surface area contributed by atoms with Crippen LogP contribution in [0.4, 0.5) is 0 Å². The summed E-state index contributed by atoms with van der Waals surface area (Å²) in [7, 11) is 0. The van der Waals surface area contributed by atoms with Crippen molar-refractivity contribution in [3.63, 3.8) is 0 Å². The number of nitrogens with zero attached hydrogens (tertiary/aromatic N) is 3. The maximum Gasteiger partial charge on any atom is 0.259 e. The molecule has 5 aliphatic rings. The first-order valence-corrected chi connectivity index (χ1v) is 13.5. The Hall–Kier alpha value is -2.41. The molecule has 0 aromatic carbocycles. The van der Waals surface area contributed by atoms with Crippen molar-refractivity contribution in [1.82, 2.24) is 19.7 Å². The van der Waals surface area contributed by atoms with Gasteiger partial charge in [-0.15, -0.1) is 6.58 Å². The molecule has 4 bridgehead atoms. The molecule has 0 unspecified atom stereocenters. The monoisotopic (exact) mass is 480 g/mol. The lowest BCUT2D eigenvalue weighted by molar-refractivity contribution is -0.0987. The van der Waals surface area contributed by atoms with Crippen LogP contribution in [0, 0.1) is 17.8 Å². The van der Waals surface area contributed by atoms with E-state index in [1.54, 1.807) is 18.5 Å². The highest BCUT2D eigenvalue weighted by Crippen LogP contribution is 2.57. The first-order valence-electron chi connectivity index (χ1n) is 13.5. The molecule has 0 radical (unpaired) electrons. The first-order chi connectivity index (χ1) is 16.8. The molecule has 1 aromatic rings. The van der Waals surface area contributed by atoms with Crippen LogP contribution in [0.1, 0.15) is 85.6 Å². The zero-order valence-electron chi connectivity index (χ0n) is 21.3. The molecule has 0 spiro atoms. The number of amides is 2. The summed E-state index contributed by atoms with van der Waals surface area (Å²) in [4.78, 5) is 44.0. The molecule has 1 aliphatic heterocycles. The SMILES string of the molecule is C=CCNC(=O)c1cn([C@@H](C)CC)cc(C(=O)N2CCN(C34CC5CC(CC(C5)C3)C4)CC2)c1=O. The van der Waals surface area contributed by atoms with Crippen molar-refractivity contribution in [2.75, 3.05) is 32.7 Å². The van der Waals surface area contributed by atoms with E-state index in [4.69, 9.17) is 0 Å². The van der Waals surface area contributed by atoms with Crippen LogP contribution in [0.3, 0.4) is 0 Å². The molecule has 2 amide bonds. The van der Waals surface area contributed by atoms with E-state index in [-0.39, 0.29) is 29.6 Å². The summed E-state index contributed by atoms with van der Waals surface area (Å²) in [6.45, 7) is 11.0. The molecule has 1 aromatic heterocycles. The molecule has 5 fully saturated rings. The van der Waals surface area contributed by atoms with E-state index in [1.165, 1.54) is 38.5 Å². The quantitative estimate of drug-likeness (QED) is 0.607. The number of pyridine rings is 1. The molecule has 1 N–H and O–H groups in total. The Morgan fingerprint density at radius 2 is 1.63 bits per heavy atom. The molecule has 35 heavy (non-hydrogen) atoms. The number of aromatic nitrogens is 1. The maximum absolute atomic E-state index is 13.6. The lowest BCUT2D eigenvalue weighted by Gasteiger charge is -2.61. The van der Waals surface area contributed by atoms with Crippen LogP contribution in [0.15, 0.2) is 29.8 Å². The number of hydrogen-bond acceptors (Lipinski definition) is 4. The average molecular weight is 481 g/mol. The highest BCUT2D eigenvalue weighted by atomic mass is 16.2. The van der Waals surface area contributed by atoms with Crippen LogP contribution >= 0.6 is 0 Å². The van der Waals surface area contributed by atoms with E-state index in [0.29, 0.717) is 18.6 Å². The third-order valence-electron chi connectivity index (χ3n) is 9.27. The van der Waals surface area contributed by atoms with Crippen molar-refractivity contribution in [3.8, 4) is 0 Å². The molecule has 1 atom stereocenters. The first kappa shape index (κ1) is 24.3. The van der Waals surface area contributed by atoms with Crippen LogP contribution < -0.4 is 10.7 Å². The van der Waals surface area contributed by atoms with Crippen molar-refractivity contribution in [2.24, 2.45) is 17.8 Å². The van der Waals surface area contributed by atoms with Crippen molar-refractivity contribution < 1.29 is 9.59 Å². The molecule has 190 valence electrons. The predicted octanol–water partition coefficient (Wildman–Crippen LogP) is 3.46. The fourth-order valence-corrected chi connectivity index (χ4v) is 7.64. The Labute approximate surface area is 208 Å². The second-order valence-electron chi connectivity index (χ2n) is 11.5. The van der Waals surface area contributed by atoms with Crippen LogP contribution in [-0.4, -0.2) is 64.4 Å². The van der Waals surface area contributed by atoms with E-state index < -0.39 is 11.3 Å². The molecular weight excluding hydrogens is 440 g/mol. The molecule has 2 heterocycles. The topological polar surface area (TPSA) is 74.7 Å². The van der Waals surface area contributed by atoms with E-state index in [9.17, 15) is 14.4 Å². The Kier molecular flexibility index (Phi) is 6.64. The van der Waals surface area contributed by atoms with Gasteiger partial charge in [-0.05, 0) is 69.6 Å². The fraction of sp³-hybridized carbons (Fsp3) is 0.679. The van der Waals surface area contributed by atoms with Crippen molar-refractivity contribution in [3.05, 3.63) is 46.4 Å². The summed E-state index contributed by atoms with van der Waals surface area (Å²) < 4.78 is 1.84. The van der Waals surface area contributed by atoms with Gasteiger partial charge >= 0.3 is 0 Å². The molecule has 7 heteroatoms. The van der Waals surface area contributed by atoms with Gasteiger partial charge < -0.3 is 14.8 Å². The van der Waals surface area contributed by atoms with Gasteiger partial charge in [0.25, 0.3) is 11.8 Å². The second-order valence-corrected chi connectivity index (χ2v) is 11.5. The Morgan fingerprint density at radius 3 is 2.17 bits per heavy atom. The van der Waals surface area contributed by atoms with E-state index in [2.05, 4.69) is 16.8 Å². The van der Waals surface area contributed by atoms with E-state index in [0.717, 1.165) is 37.3 Å². The van der Waals surface area contributed by atoms with Crippen LogP contribution in [-0.2, 0) is 0 Å². The summed E-state index contributed by atoms with van der Waals surface area (Å²) in [6.07, 6.45) is 13.9. The van der Waals surface area contributed by atoms with Gasteiger partial charge in [-0.3, -0.25) is 19.3 Å². The van der Waals surface area contributed by atoms with Crippen molar-refractivity contribution >= 4 is 11.8 Å². The molecule has 4 saturated carbocycles. The highest BCUT2D eigenvalue weighted by molar-refractivity contribution is 5.99. The predicted molar refractivity (Wildman–Crippen MR) is 137 cm³/mol. The van der Waals surface area contributed by atoms with E-state index in [1.807, 2.05) is 23.3 Å². The van der Waals surface area contributed by atoms with Gasteiger partial charge in [0.15, 0.2) is 0 Å². The number of carbonyl (C=O) groups is 2. The highest BCUT2D eigenvalue weighted by Gasteiger charge is 2.53. The fourth-order valence-electron chi connectivity index (χ4n) is 7.64. The maximum atomic E-state index is 13.6. The standard InChI is InChI=1S/C28H40N4O3/c1-4-6-29-26(34)23-17-31(19(3)5-2)18-24(25(23)33)27(35)30-7-9-32(10-8-30)28-14-20-11-21(15-28)13-22(12-20)16-28/h4,17-22H,1,5-16H2,2-3H3,(H,29,34)/t19-,20?,21?,22?,28?/m0/s1. The Balaban J connectivity index is 1.33. The van der Waals surface area contributed by atoms with Gasteiger partial charge in [-0.1, -0.05) is 13.0 Å². The molecular formula is C28H40N4O3. The zero-order valence-corrected chi connectivity index (χ0v) is 21.3. The number of nitrogens with one attached hydrogen (secondary N) is 1. The Morgan fingerprint density at radius 1 is 1.06 bits per heavy atom. The van der Waals surface area contributed by atoms with Gasteiger partial charge in [-0.25, -0.2) is 0 Å². The minimum Gasteiger partial charge on any atom is -0.350 e. The minimum absolute atomic E-state index is 0.0187. The van der Waals surface area contributed by atoms with Crippen molar-refractivity contribution in [2.45, 2.75) is 70.4 Å². The molecule has 7 nitrogen and oxygen atoms in total. The van der Waals surface area contributed by atoms with Crippen LogP contribution in [0.25, 0.3) is 0 Å². The normalized spacial score (nSPS) is 30.8. The lowest BCUT2D eigenvalue weighted by Crippen LogP contribution is -2.64. The molecule has 4 aliphatic carbocycles. The molecule has 1 saturated heterocycles. The number of piperazine rings is 1. The lowest BCUT2D eigenvalue weighted by atomic mass is 9.52. The second kappa shape index (κ2) is 9.57.